The van der Waals surface area contributed by atoms with Crippen LogP contribution in [0, 0.1) is 0 Å². The summed E-state index contributed by atoms with van der Waals surface area (Å²) in [5.41, 5.74) is 1.88. The molecule has 0 saturated carbocycles. The Morgan fingerprint density at radius 1 is 1.10 bits per heavy atom. The van der Waals surface area contributed by atoms with Crippen molar-refractivity contribution in [1.82, 2.24) is 0 Å². The summed E-state index contributed by atoms with van der Waals surface area (Å²) in [5, 5.41) is 9.34. The van der Waals surface area contributed by atoms with Gasteiger partial charge in [0.05, 0.1) is 5.56 Å². The first kappa shape index (κ1) is 13.8. The number of rotatable bonds is 2. The predicted octanol–water partition coefficient (Wildman–Crippen LogP) is 3.28. The highest BCUT2D eigenvalue weighted by atomic mass is 79.9. The molecule has 0 fully saturated rings. The van der Waals surface area contributed by atoms with E-state index in [4.69, 9.17) is 0 Å². The molecule has 1 amide bonds. The Kier molecular flexibility index (Phi) is 3.51. The molecule has 1 aliphatic heterocycles. The summed E-state index contributed by atoms with van der Waals surface area (Å²) < 4.78 is 0.700. The van der Waals surface area contributed by atoms with Gasteiger partial charge in [0.2, 0.25) is 0 Å². The van der Waals surface area contributed by atoms with Crippen molar-refractivity contribution in [2.24, 2.45) is 0 Å². The summed E-state index contributed by atoms with van der Waals surface area (Å²) in [4.78, 5) is 25.6. The van der Waals surface area contributed by atoms with Crippen LogP contribution in [0.2, 0.25) is 0 Å². The molecule has 0 unspecified atom stereocenters. The third-order valence-corrected chi connectivity index (χ3v) is 4.31. The molecular formula is C16H12BrNO3. The van der Waals surface area contributed by atoms with Crippen molar-refractivity contribution in [2.75, 3.05) is 11.4 Å². The number of carbonyl (C=O) groups excluding carboxylic acids is 1. The van der Waals surface area contributed by atoms with Gasteiger partial charge in [0.15, 0.2) is 0 Å². The minimum absolute atomic E-state index is 0.162. The Hall–Kier alpha value is -2.14. The molecule has 2 aromatic carbocycles. The summed E-state index contributed by atoms with van der Waals surface area (Å²) >= 11 is 3.36. The average molecular weight is 346 g/mol. The van der Waals surface area contributed by atoms with Gasteiger partial charge in [0, 0.05) is 16.7 Å². The van der Waals surface area contributed by atoms with Crippen LogP contribution in [0.4, 0.5) is 5.69 Å². The number of carbonyl (C=O) groups is 2. The lowest BCUT2D eigenvalue weighted by molar-refractivity contribution is -0.138. The zero-order chi connectivity index (χ0) is 15.0. The number of carboxylic acid groups (broad SMARTS) is 1. The first-order valence-electron chi connectivity index (χ1n) is 6.47. The van der Waals surface area contributed by atoms with Crippen LogP contribution >= 0.6 is 15.9 Å². The molecule has 0 aliphatic carbocycles. The zero-order valence-electron chi connectivity index (χ0n) is 11.0. The molecule has 0 radical (unpaired) electrons. The number of halogens is 1. The Balaban J connectivity index is 2.03. The summed E-state index contributed by atoms with van der Waals surface area (Å²) in [6.07, 6.45) is 0. The monoisotopic (exact) mass is 345 g/mol. The average Bonchev–Trinajstić information content (AvgIpc) is 2.87. The van der Waals surface area contributed by atoms with Gasteiger partial charge in [-0.1, -0.05) is 30.3 Å². The third kappa shape index (κ3) is 2.34. The molecule has 2 aromatic rings. The number of hydrogen-bond acceptors (Lipinski definition) is 2. The van der Waals surface area contributed by atoms with E-state index in [2.05, 4.69) is 15.9 Å². The van der Waals surface area contributed by atoms with Crippen molar-refractivity contribution in [2.45, 2.75) is 5.92 Å². The second-order valence-electron chi connectivity index (χ2n) is 4.85. The lowest BCUT2D eigenvalue weighted by Gasteiger charge is -2.18. The molecule has 1 heterocycles. The highest BCUT2D eigenvalue weighted by molar-refractivity contribution is 9.10. The van der Waals surface area contributed by atoms with Crippen molar-refractivity contribution in [1.29, 1.82) is 0 Å². The predicted molar refractivity (Wildman–Crippen MR) is 82.6 cm³/mol. The van der Waals surface area contributed by atoms with Crippen LogP contribution in [0.15, 0.2) is 53.0 Å². The van der Waals surface area contributed by atoms with Crippen molar-refractivity contribution >= 4 is 33.5 Å². The Labute approximate surface area is 130 Å². The topological polar surface area (TPSA) is 57.6 Å². The summed E-state index contributed by atoms with van der Waals surface area (Å²) in [5.74, 6) is -1.78. The lowest BCUT2D eigenvalue weighted by atomic mass is 10.0. The molecule has 3 rings (SSSR count). The highest BCUT2D eigenvalue weighted by Gasteiger charge is 2.36. The number of amides is 1. The smallest absolute Gasteiger partial charge is 0.312 e. The van der Waals surface area contributed by atoms with Crippen molar-refractivity contribution in [3.05, 3.63) is 64.1 Å². The van der Waals surface area contributed by atoms with E-state index in [1.54, 1.807) is 36.4 Å². The number of anilines is 1. The lowest BCUT2D eigenvalue weighted by Crippen LogP contribution is -2.31. The van der Waals surface area contributed by atoms with E-state index in [0.29, 0.717) is 21.3 Å². The Morgan fingerprint density at radius 3 is 2.48 bits per heavy atom. The van der Waals surface area contributed by atoms with Crippen molar-refractivity contribution in [3.8, 4) is 0 Å². The number of carboxylic acids is 1. The number of fused-ring (bicyclic) bond motifs is 1. The fourth-order valence-corrected chi connectivity index (χ4v) is 3.05. The van der Waals surface area contributed by atoms with Gasteiger partial charge in [-0.25, -0.2) is 0 Å². The molecule has 0 spiro atoms. The number of nitrogens with zero attached hydrogens (tertiary/aromatic N) is 1. The van der Waals surface area contributed by atoms with Gasteiger partial charge in [-0.05, 0) is 39.7 Å². The molecular weight excluding hydrogens is 334 g/mol. The molecule has 1 aliphatic rings. The van der Waals surface area contributed by atoms with Gasteiger partial charge in [0.1, 0.15) is 5.92 Å². The zero-order valence-corrected chi connectivity index (χ0v) is 12.6. The minimum atomic E-state index is -0.912. The van der Waals surface area contributed by atoms with E-state index in [1.807, 2.05) is 12.1 Å². The number of aliphatic carboxylic acids is 1. The first-order chi connectivity index (χ1) is 10.1. The maximum atomic E-state index is 12.7. The molecule has 0 saturated heterocycles. The van der Waals surface area contributed by atoms with E-state index in [-0.39, 0.29) is 12.5 Å². The summed E-state index contributed by atoms with van der Waals surface area (Å²) in [6, 6.07) is 14.3. The fraction of sp³-hybridized carbons (Fsp3) is 0.125. The first-order valence-corrected chi connectivity index (χ1v) is 7.27. The largest absolute Gasteiger partial charge is 0.481 e. The molecule has 0 bridgehead atoms. The normalized spacial score (nSPS) is 16.6. The molecule has 1 atom stereocenters. The summed E-state index contributed by atoms with van der Waals surface area (Å²) in [6.45, 7) is 0.162. The third-order valence-electron chi connectivity index (χ3n) is 3.62. The van der Waals surface area contributed by atoms with Gasteiger partial charge >= 0.3 is 5.97 Å². The number of hydrogen-bond donors (Lipinski definition) is 1. The van der Waals surface area contributed by atoms with Gasteiger partial charge in [-0.3, -0.25) is 9.59 Å². The van der Waals surface area contributed by atoms with Gasteiger partial charge in [0.25, 0.3) is 5.91 Å². The van der Waals surface area contributed by atoms with Crippen LogP contribution in [-0.4, -0.2) is 23.5 Å². The van der Waals surface area contributed by atoms with Gasteiger partial charge in [-0.2, -0.15) is 0 Å². The van der Waals surface area contributed by atoms with Crippen LogP contribution in [0.1, 0.15) is 21.8 Å². The van der Waals surface area contributed by atoms with Crippen LogP contribution in [-0.2, 0) is 4.79 Å². The molecule has 4 nitrogen and oxygen atoms in total. The Bertz CT molecular complexity index is 729. The van der Waals surface area contributed by atoms with E-state index in [9.17, 15) is 14.7 Å². The van der Waals surface area contributed by atoms with Crippen LogP contribution < -0.4 is 4.90 Å². The summed E-state index contributed by atoms with van der Waals surface area (Å²) in [7, 11) is 0. The molecule has 1 N–H and O–H groups in total. The minimum Gasteiger partial charge on any atom is -0.481 e. The number of benzene rings is 2. The van der Waals surface area contributed by atoms with Crippen LogP contribution in [0.25, 0.3) is 0 Å². The molecule has 106 valence electrons. The van der Waals surface area contributed by atoms with Gasteiger partial charge < -0.3 is 10.0 Å². The maximum absolute atomic E-state index is 12.7. The van der Waals surface area contributed by atoms with E-state index < -0.39 is 11.9 Å². The highest BCUT2D eigenvalue weighted by Crippen LogP contribution is 2.37. The standard InChI is InChI=1S/C16H12BrNO3/c17-13-7-3-1-6-11(13)15(19)18-9-12(16(20)21)10-5-2-4-8-14(10)18/h1-8,12H,9H2,(H,20,21)/t12-/m0/s1. The maximum Gasteiger partial charge on any atom is 0.312 e. The van der Waals surface area contributed by atoms with Crippen LogP contribution in [0.3, 0.4) is 0 Å². The number of para-hydroxylation sites is 1. The fourth-order valence-electron chi connectivity index (χ4n) is 2.59. The van der Waals surface area contributed by atoms with Crippen molar-refractivity contribution < 1.29 is 14.7 Å². The van der Waals surface area contributed by atoms with E-state index >= 15 is 0 Å². The second-order valence-corrected chi connectivity index (χ2v) is 5.70. The molecule has 0 aromatic heterocycles. The van der Waals surface area contributed by atoms with Crippen molar-refractivity contribution in [3.63, 3.8) is 0 Å². The molecule has 21 heavy (non-hydrogen) atoms. The second kappa shape index (κ2) is 5.33. The quantitative estimate of drug-likeness (QED) is 0.908. The van der Waals surface area contributed by atoms with E-state index in [1.165, 1.54) is 4.90 Å². The Morgan fingerprint density at radius 2 is 1.76 bits per heavy atom. The van der Waals surface area contributed by atoms with E-state index in [0.717, 1.165) is 0 Å². The molecule has 5 heteroatoms. The SMILES string of the molecule is O=C(O)[C@H]1CN(C(=O)c2ccccc2Br)c2ccccc21. The van der Waals surface area contributed by atoms with Gasteiger partial charge in [-0.15, -0.1) is 0 Å². The van der Waals surface area contributed by atoms with Crippen LogP contribution in [0.5, 0.6) is 0 Å².